The van der Waals surface area contributed by atoms with Gasteiger partial charge in [-0.3, -0.25) is 0 Å². The van der Waals surface area contributed by atoms with E-state index in [4.69, 9.17) is 4.42 Å². The normalized spacial score (nSPS) is 12.7. The summed E-state index contributed by atoms with van der Waals surface area (Å²) < 4.78 is 5.39. The molecule has 1 nitrogen and oxygen atoms in total. The number of furan rings is 1. The van der Waals surface area contributed by atoms with Gasteiger partial charge in [-0.25, -0.2) is 0 Å². The first-order chi connectivity index (χ1) is 7.66. The van der Waals surface area contributed by atoms with Gasteiger partial charge in [-0.05, 0) is 43.5 Å². The zero-order valence-corrected chi connectivity index (χ0v) is 11.1. The second kappa shape index (κ2) is 4.88. The monoisotopic (exact) mass is 278 g/mol. The summed E-state index contributed by atoms with van der Waals surface area (Å²) in [6.45, 7) is 4.27. The summed E-state index contributed by atoms with van der Waals surface area (Å²) in [6.07, 6.45) is 2.67. The molecular formula is C14H15BrO. The second-order valence-electron chi connectivity index (χ2n) is 4.12. The first kappa shape index (κ1) is 11.5. The molecule has 16 heavy (non-hydrogen) atoms. The van der Waals surface area contributed by atoms with E-state index in [2.05, 4.69) is 48.0 Å². The predicted molar refractivity (Wildman–Crippen MR) is 70.0 cm³/mol. The van der Waals surface area contributed by atoms with Gasteiger partial charge in [-0.1, -0.05) is 39.7 Å². The molecule has 1 aromatic carbocycles. The molecule has 0 aliphatic heterocycles. The molecule has 0 amide bonds. The van der Waals surface area contributed by atoms with Crippen molar-refractivity contribution in [3.05, 3.63) is 59.0 Å². The van der Waals surface area contributed by atoms with Crippen LogP contribution in [0.4, 0.5) is 0 Å². The molecule has 1 atom stereocenters. The third-order valence-corrected chi connectivity index (χ3v) is 3.53. The molecule has 84 valence electrons. The number of benzene rings is 1. The van der Waals surface area contributed by atoms with Crippen LogP contribution in [0.5, 0.6) is 0 Å². The molecule has 1 unspecified atom stereocenters. The summed E-state index contributed by atoms with van der Waals surface area (Å²) in [6, 6.07) is 10.5. The second-order valence-corrected chi connectivity index (χ2v) is 5.22. The van der Waals surface area contributed by atoms with E-state index in [1.807, 2.05) is 12.1 Å². The molecular weight excluding hydrogens is 264 g/mol. The van der Waals surface area contributed by atoms with Crippen molar-refractivity contribution in [1.82, 2.24) is 0 Å². The summed E-state index contributed by atoms with van der Waals surface area (Å²) in [5.74, 6) is 0.987. The quantitative estimate of drug-likeness (QED) is 0.750. The predicted octanol–water partition coefficient (Wildman–Crippen LogP) is 4.58. The van der Waals surface area contributed by atoms with Crippen LogP contribution in [0.15, 0.2) is 41.0 Å². The smallest absolute Gasteiger partial charge is 0.117 e. The Balaban J connectivity index is 2.17. The van der Waals surface area contributed by atoms with Gasteiger partial charge in [0.2, 0.25) is 0 Å². The van der Waals surface area contributed by atoms with Crippen molar-refractivity contribution in [2.45, 2.75) is 25.1 Å². The molecule has 0 bridgehead atoms. The van der Waals surface area contributed by atoms with Gasteiger partial charge in [0.1, 0.15) is 5.76 Å². The zero-order chi connectivity index (χ0) is 11.5. The van der Waals surface area contributed by atoms with Gasteiger partial charge in [0.25, 0.3) is 0 Å². The number of alkyl halides is 1. The molecule has 0 aliphatic rings. The Morgan fingerprint density at radius 1 is 1.25 bits per heavy atom. The van der Waals surface area contributed by atoms with Gasteiger partial charge in [0, 0.05) is 0 Å². The molecule has 0 saturated heterocycles. The fraction of sp³-hybridized carbons (Fsp3) is 0.286. The lowest BCUT2D eigenvalue weighted by atomic mass is 10.0. The Hall–Kier alpha value is -1.02. The maximum absolute atomic E-state index is 5.39. The van der Waals surface area contributed by atoms with E-state index in [0.29, 0.717) is 0 Å². The van der Waals surface area contributed by atoms with Crippen LogP contribution in [0.2, 0.25) is 0 Å². The molecule has 2 aromatic rings. The molecule has 0 fully saturated rings. The molecule has 0 aliphatic carbocycles. The van der Waals surface area contributed by atoms with E-state index in [0.717, 1.165) is 12.2 Å². The van der Waals surface area contributed by atoms with E-state index in [-0.39, 0.29) is 4.83 Å². The number of rotatable bonds is 3. The number of halogens is 1. The molecule has 0 radical (unpaired) electrons. The number of aryl methyl sites for hydroxylation is 2. The molecule has 0 spiro atoms. The maximum atomic E-state index is 5.39. The Morgan fingerprint density at radius 3 is 2.75 bits per heavy atom. The maximum Gasteiger partial charge on any atom is 0.117 e. The average Bonchev–Trinajstić information content (AvgIpc) is 2.76. The van der Waals surface area contributed by atoms with Crippen LogP contribution in [0.25, 0.3) is 0 Å². The molecule has 2 rings (SSSR count). The van der Waals surface area contributed by atoms with Crippen LogP contribution in [0, 0.1) is 13.8 Å². The van der Waals surface area contributed by atoms with Crippen molar-refractivity contribution in [1.29, 1.82) is 0 Å². The van der Waals surface area contributed by atoms with E-state index >= 15 is 0 Å². The lowest BCUT2D eigenvalue weighted by molar-refractivity contribution is 0.507. The Bertz CT molecular complexity index is 460. The first-order valence-electron chi connectivity index (χ1n) is 5.40. The third-order valence-electron chi connectivity index (χ3n) is 2.76. The fourth-order valence-electron chi connectivity index (χ4n) is 1.78. The van der Waals surface area contributed by atoms with Gasteiger partial charge in [0.05, 0.1) is 11.1 Å². The van der Waals surface area contributed by atoms with Gasteiger partial charge < -0.3 is 4.42 Å². The first-order valence-corrected chi connectivity index (χ1v) is 6.32. The van der Waals surface area contributed by atoms with Crippen molar-refractivity contribution < 1.29 is 4.42 Å². The highest BCUT2D eigenvalue weighted by molar-refractivity contribution is 9.09. The van der Waals surface area contributed by atoms with Gasteiger partial charge >= 0.3 is 0 Å². The highest BCUT2D eigenvalue weighted by atomic mass is 79.9. The SMILES string of the molecule is Cc1ccc(C)c(CC(Br)c2ccco2)c1. The van der Waals surface area contributed by atoms with E-state index < -0.39 is 0 Å². The lowest BCUT2D eigenvalue weighted by Crippen LogP contribution is -1.97. The van der Waals surface area contributed by atoms with Crippen LogP contribution in [-0.4, -0.2) is 0 Å². The number of hydrogen-bond donors (Lipinski definition) is 0. The summed E-state index contributed by atoms with van der Waals surface area (Å²) in [5.41, 5.74) is 4.01. The van der Waals surface area contributed by atoms with Crippen molar-refractivity contribution >= 4 is 15.9 Å². The minimum absolute atomic E-state index is 0.253. The summed E-state index contributed by atoms with van der Waals surface area (Å²) in [7, 11) is 0. The summed E-state index contributed by atoms with van der Waals surface area (Å²) in [4.78, 5) is 0.253. The van der Waals surface area contributed by atoms with E-state index in [1.54, 1.807) is 6.26 Å². The molecule has 1 aromatic heterocycles. The summed E-state index contributed by atoms with van der Waals surface area (Å²) >= 11 is 3.67. The Labute approximate surface area is 105 Å². The van der Waals surface area contributed by atoms with Crippen molar-refractivity contribution in [3.63, 3.8) is 0 Å². The van der Waals surface area contributed by atoms with Gasteiger partial charge in [0.15, 0.2) is 0 Å². The minimum atomic E-state index is 0.253. The van der Waals surface area contributed by atoms with Gasteiger partial charge in [-0.15, -0.1) is 0 Å². The number of hydrogen-bond acceptors (Lipinski definition) is 1. The largest absolute Gasteiger partial charge is 0.468 e. The minimum Gasteiger partial charge on any atom is -0.468 e. The third kappa shape index (κ3) is 2.56. The Kier molecular flexibility index (Phi) is 3.49. The lowest BCUT2D eigenvalue weighted by Gasteiger charge is -2.10. The van der Waals surface area contributed by atoms with Crippen LogP contribution in [0.3, 0.4) is 0 Å². The van der Waals surface area contributed by atoms with Gasteiger partial charge in [-0.2, -0.15) is 0 Å². The van der Waals surface area contributed by atoms with Crippen molar-refractivity contribution in [3.8, 4) is 0 Å². The molecule has 2 heteroatoms. The molecule has 0 saturated carbocycles. The zero-order valence-electron chi connectivity index (χ0n) is 9.53. The topological polar surface area (TPSA) is 13.1 Å². The van der Waals surface area contributed by atoms with Crippen LogP contribution in [-0.2, 0) is 6.42 Å². The van der Waals surface area contributed by atoms with E-state index in [9.17, 15) is 0 Å². The fourth-order valence-corrected chi connectivity index (χ4v) is 2.39. The standard InChI is InChI=1S/C14H15BrO/c1-10-5-6-11(2)12(8-10)9-13(15)14-4-3-7-16-14/h3-8,13H,9H2,1-2H3. The Morgan fingerprint density at radius 2 is 2.06 bits per heavy atom. The van der Waals surface area contributed by atoms with Crippen LogP contribution < -0.4 is 0 Å². The molecule has 1 heterocycles. The molecule has 0 N–H and O–H groups in total. The average molecular weight is 279 g/mol. The summed E-state index contributed by atoms with van der Waals surface area (Å²) in [5, 5.41) is 0. The van der Waals surface area contributed by atoms with Crippen molar-refractivity contribution in [2.75, 3.05) is 0 Å². The van der Waals surface area contributed by atoms with Crippen LogP contribution in [0.1, 0.15) is 27.3 Å². The van der Waals surface area contributed by atoms with Crippen LogP contribution >= 0.6 is 15.9 Å². The highest BCUT2D eigenvalue weighted by Gasteiger charge is 2.12. The van der Waals surface area contributed by atoms with Crippen molar-refractivity contribution in [2.24, 2.45) is 0 Å². The highest BCUT2D eigenvalue weighted by Crippen LogP contribution is 2.28. The van der Waals surface area contributed by atoms with E-state index in [1.165, 1.54) is 16.7 Å².